The van der Waals surface area contributed by atoms with Crippen LogP contribution in [0.5, 0.6) is 0 Å². The van der Waals surface area contributed by atoms with E-state index in [4.69, 9.17) is 9.62 Å². The standard InChI is InChI=1S/C17H16N2O5S/c1-10-3-6-13(7-4-10)25(22,23)19-12-5-8-15-14(9-12)16(11(2)24-15)17(20)18-21/h3-9,19,21H,1-2H3,(H,18,20). The predicted octanol–water partition coefficient (Wildman–Crippen LogP) is 2.97. The second-order valence-electron chi connectivity index (χ2n) is 5.60. The van der Waals surface area contributed by atoms with E-state index in [0.717, 1.165) is 5.56 Å². The van der Waals surface area contributed by atoms with Crippen LogP contribution in [0.2, 0.25) is 0 Å². The molecule has 130 valence electrons. The Morgan fingerprint density at radius 2 is 1.76 bits per heavy atom. The number of benzene rings is 2. The quantitative estimate of drug-likeness (QED) is 0.490. The zero-order valence-corrected chi connectivity index (χ0v) is 14.3. The average molecular weight is 360 g/mol. The first-order valence-electron chi connectivity index (χ1n) is 7.39. The van der Waals surface area contributed by atoms with Crippen molar-refractivity contribution in [3.63, 3.8) is 0 Å². The van der Waals surface area contributed by atoms with Crippen LogP contribution in [-0.2, 0) is 10.0 Å². The van der Waals surface area contributed by atoms with Crippen LogP contribution in [0.25, 0.3) is 11.0 Å². The fraction of sp³-hybridized carbons (Fsp3) is 0.118. The smallest absolute Gasteiger partial charge is 0.278 e. The Morgan fingerprint density at radius 3 is 2.40 bits per heavy atom. The lowest BCUT2D eigenvalue weighted by molar-refractivity contribution is 0.0706. The first-order chi connectivity index (χ1) is 11.8. The lowest BCUT2D eigenvalue weighted by Crippen LogP contribution is -2.19. The normalized spacial score (nSPS) is 11.5. The Labute approximate surface area is 144 Å². The number of rotatable bonds is 4. The van der Waals surface area contributed by atoms with Crippen molar-refractivity contribution in [2.75, 3.05) is 4.72 Å². The number of aryl methyl sites for hydroxylation is 2. The van der Waals surface area contributed by atoms with Crippen LogP contribution in [0, 0.1) is 13.8 Å². The average Bonchev–Trinajstić information content (AvgIpc) is 2.89. The molecule has 3 rings (SSSR count). The van der Waals surface area contributed by atoms with E-state index >= 15 is 0 Å². The number of furan rings is 1. The number of carbonyl (C=O) groups is 1. The van der Waals surface area contributed by atoms with E-state index in [1.54, 1.807) is 30.6 Å². The minimum atomic E-state index is -3.76. The number of sulfonamides is 1. The molecule has 0 aliphatic heterocycles. The van der Waals surface area contributed by atoms with E-state index in [2.05, 4.69) is 4.72 Å². The molecular weight excluding hydrogens is 344 g/mol. The van der Waals surface area contributed by atoms with Gasteiger partial charge in [0.15, 0.2) is 0 Å². The molecule has 0 bridgehead atoms. The van der Waals surface area contributed by atoms with Gasteiger partial charge in [-0.2, -0.15) is 0 Å². The number of anilines is 1. The second-order valence-corrected chi connectivity index (χ2v) is 7.29. The van der Waals surface area contributed by atoms with Crippen molar-refractivity contribution < 1.29 is 22.8 Å². The number of nitrogens with one attached hydrogen (secondary N) is 2. The lowest BCUT2D eigenvalue weighted by Gasteiger charge is -2.08. The molecule has 0 spiro atoms. The maximum atomic E-state index is 12.5. The molecule has 0 saturated carbocycles. The monoisotopic (exact) mass is 360 g/mol. The summed E-state index contributed by atoms with van der Waals surface area (Å²) in [7, 11) is -3.76. The van der Waals surface area contributed by atoms with Crippen molar-refractivity contribution in [3.8, 4) is 0 Å². The van der Waals surface area contributed by atoms with Crippen molar-refractivity contribution in [1.82, 2.24) is 5.48 Å². The van der Waals surface area contributed by atoms with E-state index < -0.39 is 15.9 Å². The summed E-state index contributed by atoms with van der Waals surface area (Å²) in [6, 6.07) is 11.0. The van der Waals surface area contributed by atoms with Crippen molar-refractivity contribution in [3.05, 3.63) is 59.4 Å². The molecule has 8 heteroatoms. The fourth-order valence-corrected chi connectivity index (χ4v) is 3.60. The molecule has 0 saturated heterocycles. The second kappa shape index (κ2) is 6.23. The summed E-state index contributed by atoms with van der Waals surface area (Å²) in [4.78, 5) is 11.9. The Kier molecular flexibility index (Phi) is 4.23. The molecule has 0 aliphatic carbocycles. The molecular formula is C17H16N2O5S. The van der Waals surface area contributed by atoms with Crippen LogP contribution in [-0.4, -0.2) is 19.5 Å². The molecule has 7 nitrogen and oxygen atoms in total. The summed E-state index contributed by atoms with van der Waals surface area (Å²) in [5.74, 6) is -0.408. The van der Waals surface area contributed by atoms with Gasteiger partial charge in [0.2, 0.25) is 0 Å². The van der Waals surface area contributed by atoms with Crippen LogP contribution in [0.1, 0.15) is 21.7 Å². The van der Waals surface area contributed by atoms with Crippen molar-refractivity contribution >= 4 is 32.6 Å². The van der Waals surface area contributed by atoms with Crippen LogP contribution in [0.3, 0.4) is 0 Å². The van der Waals surface area contributed by atoms with Crippen LogP contribution >= 0.6 is 0 Å². The van der Waals surface area contributed by atoms with E-state index in [-0.39, 0.29) is 16.1 Å². The zero-order chi connectivity index (χ0) is 18.2. The Hall–Kier alpha value is -2.84. The number of hydrogen-bond donors (Lipinski definition) is 3. The van der Waals surface area contributed by atoms with Crippen molar-refractivity contribution in [1.29, 1.82) is 0 Å². The third-order valence-electron chi connectivity index (χ3n) is 3.78. The molecule has 0 atom stereocenters. The molecule has 3 N–H and O–H groups in total. The number of fused-ring (bicyclic) bond motifs is 1. The topological polar surface area (TPSA) is 109 Å². The largest absolute Gasteiger partial charge is 0.461 e. The third-order valence-corrected chi connectivity index (χ3v) is 5.17. The molecule has 0 aliphatic rings. The maximum Gasteiger partial charge on any atom is 0.278 e. The van der Waals surface area contributed by atoms with E-state index in [9.17, 15) is 13.2 Å². The van der Waals surface area contributed by atoms with Gasteiger partial charge in [0.1, 0.15) is 11.3 Å². The summed E-state index contributed by atoms with van der Waals surface area (Å²) in [5, 5.41) is 9.26. The van der Waals surface area contributed by atoms with Gasteiger partial charge in [-0.05, 0) is 44.2 Å². The van der Waals surface area contributed by atoms with Crippen LogP contribution in [0.15, 0.2) is 51.8 Å². The molecule has 1 aromatic heterocycles. The molecule has 3 aromatic rings. The van der Waals surface area contributed by atoms with E-state index in [1.165, 1.54) is 24.3 Å². The summed E-state index contributed by atoms with van der Waals surface area (Å²) < 4.78 is 32.9. The Balaban J connectivity index is 2.02. The molecule has 0 fully saturated rings. The maximum absolute atomic E-state index is 12.5. The summed E-state index contributed by atoms with van der Waals surface area (Å²) in [6.45, 7) is 3.45. The van der Waals surface area contributed by atoms with Gasteiger partial charge >= 0.3 is 0 Å². The molecule has 0 unspecified atom stereocenters. The van der Waals surface area contributed by atoms with Gasteiger partial charge in [-0.1, -0.05) is 17.7 Å². The van der Waals surface area contributed by atoms with Gasteiger partial charge < -0.3 is 4.42 Å². The van der Waals surface area contributed by atoms with Crippen LogP contribution < -0.4 is 10.2 Å². The summed E-state index contributed by atoms with van der Waals surface area (Å²) in [6.07, 6.45) is 0. The Bertz CT molecular complexity index is 1050. The first kappa shape index (κ1) is 17.0. The lowest BCUT2D eigenvalue weighted by atomic mass is 10.1. The highest BCUT2D eigenvalue weighted by atomic mass is 32.2. The zero-order valence-electron chi connectivity index (χ0n) is 13.5. The first-order valence-corrected chi connectivity index (χ1v) is 8.87. The Morgan fingerprint density at radius 1 is 1.08 bits per heavy atom. The molecule has 25 heavy (non-hydrogen) atoms. The van der Waals surface area contributed by atoms with Gasteiger partial charge in [-0.3, -0.25) is 14.7 Å². The molecule has 2 aromatic carbocycles. The van der Waals surface area contributed by atoms with Crippen LogP contribution in [0.4, 0.5) is 5.69 Å². The van der Waals surface area contributed by atoms with Crippen molar-refractivity contribution in [2.24, 2.45) is 0 Å². The fourth-order valence-electron chi connectivity index (χ4n) is 2.55. The number of hydrogen-bond acceptors (Lipinski definition) is 5. The minimum absolute atomic E-state index is 0.134. The van der Waals surface area contributed by atoms with E-state index in [1.807, 2.05) is 6.92 Å². The summed E-state index contributed by atoms with van der Waals surface area (Å²) in [5.41, 5.74) is 3.35. The third kappa shape index (κ3) is 3.21. The number of amides is 1. The highest BCUT2D eigenvalue weighted by molar-refractivity contribution is 7.92. The number of carbonyl (C=O) groups excluding carboxylic acids is 1. The highest BCUT2D eigenvalue weighted by Crippen LogP contribution is 2.29. The van der Waals surface area contributed by atoms with Gasteiger partial charge in [-0.15, -0.1) is 0 Å². The molecule has 1 amide bonds. The van der Waals surface area contributed by atoms with Gasteiger partial charge in [0.05, 0.1) is 10.5 Å². The highest BCUT2D eigenvalue weighted by Gasteiger charge is 2.20. The molecule has 1 heterocycles. The SMILES string of the molecule is Cc1ccc(S(=O)(=O)Nc2ccc3oc(C)c(C(=O)NO)c3c2)cc1. The summed E-state index contributed by atoms with van der Waals surface area (Å²) >= 11 is 0. The number of hydroxylamine groups is 1. The van der Waals surface area contributed by atoms with Gasteiger partial charge in [-0.25, -0.2) is 13.9 Å². The van der Waals surface area contributed by atoms with Gasteiger partial charge in [0.25, 0.3) is 15.9 Å². The minimum Gasteiger partial charge on any atom is -0.461 e. The van der Waals surface area contributed by atoms with E-state index in [0.29, 0.717) is 16.7 Å². The van der Waals surface area contributed by atoms with Crippen molar-refractivity contribution in [2.45, 2.75) is 18.7 Å². The van der Waals surface area contributed by atoms with Gasteiger partial charge in [0, 0.05) is 11.1 Å². The molecule has 0 radical (unpaired) electrons. The predicted molar refractivity (Wildman–Crippen MR) is 92.2 cm³/mol.